The number of hydrogen-bond acceptors (Lipinski definition) is 3. The van der Waals surface area contributed by atoms with Crippen molar-refractivity contribution in [2.45, 2.75) is 13.5 Å². The van der Waals surface area contributed by atoms with Crippen molar-refractivity contribution in [3.8, 4) is 11.5 Å². The van der Waals surface area contributed by atoms with E-state index in [1.165, 1.54) is 0 Å². The van der Waals surface area contributed by atoms with Crippen LogP contribution in [-0.2, 0) is 6.61 Å². The Hall–Kier alpha value is -1.81. The van der Waals surface area contributed by atoms with Gasteiger partial charge in [0.15, 0.2) is 5.78 Å². The van der Waals surface area contributed by atoms with Crippen LogP contribution in [0.1, 0.15) is 22.8 Å². The monoisotopic (exact) mass is 334 g/mol. The maximum Gasteiger partial charge on any atom is 0.159 e. The first-order chi connectivity index (χ1) is 9.60. The average molecular weight is 335 g/mol. The number of ketones is 1. The lowest BCUT2D eigenvalue weighted by atomic mass is 10.1. The molecule has 0 N–H and O–H groups in total. The van der Waals surface area contributed by atoms with Gasteiger partial charge in [-0.3, -0.25) is 4.79 Å². The van der Waals surface area contributed by atoms with Gasteiger partial charge in [-0.25, -0.2) is 0 Å². The molecule has 0 saturated heterocycles. The molecular formula is C16H15BrO3. The van der Waals surface area contributed by atoms with Crippen molar-refractivity contribution < 1.29 is 14.3 Å². The second-order valence-corrected chi connectivity index (χ2v) is 5.19. The van der Waals surface area contributed by atoms with Crippen molar-refractivity contribution >= 4 is 21.7 Å². The summed E-state index contributed by atoms with van der Waals surface area (Å²) in [5, 5.41) is 0. The lowest BCUT2D eigenvalue weighted by Crippen LogP contribution is -1.97. The van der Waals surface area contributed by atoms with Crippen LogP contribution >= 0.6 is 15.9 Å². The summed E-state index contributed by atoms with van der Waals surface area (Å²) in [5.41, 5.74) is 1.72. The largest absolute Gasteiger partial charge is 0.496 e. The first-order valence-corrected chi connectivity index (χ1v) is 6.95. The van der Waals surface area contributed by atoms with Gasteiger partial charge in [-0.15, -0.1) is 0 Å². The highest BCUT2D eigenvalue weighted by Gasteiger charge is 2.03. The molecule has 0 aliphatic carbocycles. The van der Waals surface area contributed by atoms with Crippen molar-refractivity contribution in [1.82, 2.24) is 0 Å². The molecule has 4 heteroatoms. The molecule has 2 aromatic rings. The molecule has 2 rings (SSSR count). The van der Waals surface area contributed by atoms with Crippen molar-refractivity contribution in [2.75, 3.05) is 7.11 Å². The molecule has 0 fully saturated rings. The number of rotatable bonds is 5. The summed E-state index contributed by atoms with van der Waals surface area (Å²) in [4.78, 5) is 11.2. The van der Waals surface area contributed by atoms with E-state index in [2.05, 4.69) is 15.9 Å². The Bertz CT molecular complexity index is 606. The molecule has 0 aliphatic rings. The lowest BCUT2D eigenvalue weighted by Gasteiger charge is -2.09. The van der Waals surface area contributed by atoms with Crippen molar-refractivity contribution in [3.63, 3.8) is 0 Å². The van der Waals surface area contributed by atoms with Gasteiger partial charge in [0.05, 0.1) is 11.6 Å². The molecule has 0 unspecified atom stereocenters. The molecule has 0 aliphatic heterocycles. The van der Waals surface area contributed by atoms with Gasteiger partial charge in [-0.1, -0.05) is 6.07 Å². The molecule has 0 saturated carbocycles. The Morgan fingerprint density at radius 1 is 1.15 bits per heavy atom. The van der Waals surface area contributed by atoms with E-state index in [9.17, 15) is 4.79 Å². The molecule has 0 aromatic heterocycles. The van der Waals surface area contributed by atoms with E-state index in [-0.39, 0.29) is 5.78 Å². The quantitative estimate of drug-likeness (QED) is 0.767. The third kappa shape index (κ3) is 3.61. The molecule has 0 spiro atoms. The van der Waals surface area contributed by atoms with Gasteiger partial charge in [-0.2, -0.15) is 0 Å². The Morgan fingerprint density at radius 3 is 2.40 bits per heavy atom. The molecule has 0 bridgehead atoms. The zero-order valence-corrected chi connectivity index (χ0v) is 12.9. The van der Waals surface area contributed by atoms with Gasteiger partial charge in [0, 0.05) is 5.56 Å². The third-order valence-corrected chi connectivity index (χ3v) is 3.50. The number of ether oxygens (including phenoxy) is 2. The highest BCUT2D eigenvalue weighted by Crippen LogP contribution is 2.26. The summed E-state index contributed by atoms with van der Waals surface area (Å²) < 4.78 is 11.8. The van der Waals surface area contributed by atoms with Crippen molar-refractivity contribution in [1.29, 1.82) is 0 Å². The predicted molar refractivity (Wildman–Crippen MR) is 81.5 cm³/mol. The first kappa shape index (κ1) is 14.6. The minimum absolute atomic E-state index is 0.0515. The van der Waals surface area contributed by atoms with Crippen LogP contribution in [0, 0.1) is 0 Å². The number of carbonyl (C=O) groups excluding carboxylic acids is 1. The van der Waals surface area contributed by atoms with Crippen molar-refractivity contribution in [2.24, 2.45) is 0 Å². The number of benzene rings is 2. The Morgan fingerprint density at radius 2 is 1.85 bits per heavy atom. The van der Waals surface area contributed by atoms with Gasteiger partial charge in [-0.05, 0) is 64.8 Å². The maximum atomic E-state index is 11.2. The fourth-order valence-electron chi connectivity index (χ4n) is 1.75. The van der Waals surface area contributed by atoms with E-state index < -0.39 is 0 Å². The van der Waals surface area contributed by atoms with Crippen LogP contribution in [0.3, 0.4) is 0 Å². The second-order valence-electron chi connectivity index (χ2n) is 4.34. The van der Waals surface area contributed by atoms with Crippen LogP contribution in [0.25, 0.3) is 0 Å². The summed E-state index contributed by atoms with van der Waals surface area (Å²) in [5.74, 6) is 1.58. The van der Waals surface area contributed by atoms with Crippen LogP contribution in [0.15, 0.2) is 46.9 Å². The van der Waals surface area contributed by atoms with Crippen LogP contribution in [0.4, 0.5) is 0 Å². The first-order valence-electron chi connectivity index (χ1n) is 6.16. The Balaban J connectivity index is 2.01. The normalized spacial score (nSPS) is 10.2. The molecule has 104 valence electrons. The fourth-order valence-corrected chi connectivity index (χ4v) is 2.34. The highest BCUT2D eigenvalue weighted by atomic mass is 79.9. The molecular weight excluding hydrogens is 320 g/mol. The lowest BCUT2D eigenvalue weighted by molar-refractivity contribution is 0.101. The summed E-state index contributed by atoms with van der Waals surface area (Å²) in [6.07, 6.45) is 0. The maximum absolute atomic E-state index is 11.2. The van der Waals surface area contributed by atoms with E-state index in [0.29, 0.717) is 12.2 Å². The zero-order valence-electron chi connectivity index (χ0n) is 11.4. The van der Waals surface area contributed by atoms with E-state index in [0.717, 1.165) is 21.5 Å². The fraction of sp³-hybridized carbons (Fsp3) is 0.188. The average Bonchev–Trinajstić information content (AvgIpc) is 2.45. The van der Waals surface area contributed by atoms with E-state index in [4.69, 9.17) is 9.47 Å². The molecule has 0 radical (unpaired) electrons. The third-order valence-electron chi connectivity index (χ3n) is 2.88. The number of Topliss-reactive ketones (excluding diaryl/α,β-unsaturated/α-hetero) is 1. The van der Waals surface area contributed by atoms with Crippen LogP contribution < -0.4 is 9.47 Å². The summed E-state index contributed by atoms with van der Waals surface area (Å²) >= 11 is 3.44. The number of methoxy groups -OCH3 is 1. The van der Waals surface area contributed by atoms with Gasteiger partial charge in [0.2, 0.25) is 0 Å². The van der Waals surface area contributed by atoms with Gasteiger partial charge >= 0.3 is 0 Å². The van der Waals surface area contributed by atoms with Gasteiger partial charge in [0.25, 0.3) is 0 Å². The molecule has 3 nitrogen and oxygen atoms in total. The van der Waals surface area contributed by atoms with Crippen LogP contribution in [-0.4, -0.2) is 12.9 Å². The molecule has 0 heterocycles. The smallest absolute Gasteiger partial charge is 0.159 e. The zero-order chi connectivity index (χ0) is 14.5. The summed E-state index contributed by atoms with van der Waals surface area (Å²) in [7, 11) is 1.63. The standard InChI is InChI=1S/C16H15BrO3/c1-11(18)13-4-6-14(7-5-13)20-10-12-3-8-16(19-2)15(17)9-12/h3-9H,10H2,1-2H3. The SMILES string of the molecule is COc1ccc(COc2ccc(C(C)=O)cc2)cc1Br. The summed E-state index contributed by atoms with van der Waals surface area (Å²) in [6, 6.07) is 12.9. The van der Waals surface area contributed by atoms with E-state index >= 15 is 0 Å². The second kappa shape index (κ2) is 6.57. The molecule has 20 heavy (non-hydrogen) atoms. The van der Waals surface area contributed by atoms with E-state index in [1.807, 2.05) is 18.2 Å². The predicted octanol–water partition coefficient (Wildman–Crippen LogP) is 4.24. The molecule has 2 aromatic carbocycles. The number of halogens is 1. The van der Waals surface area contributed by atoms with Crippen LogP contribution in [0.2, 0.25) is 0 Å². The molecule has 0 atom stereocenters. The van der Waals surface area contributed by atoms with Crippen LogP contribution in [0.5, 0.6) is 11.5 Å². The minimum atomic E-state index is 0.0515. The summed E-state index contributed by atoms with van der Waals surface area (Å²) in [6.45, 7) is 2.01. The minimum Gasteiger partial charge on any atom is -0.496 e. The number of carbonyl (C=O) groups is 1. The topological polar surface area (TPSA) is 35.5 Å². The van der Waals surface area contributed by atoms with Crippen molar-refractivity contribution in [3.05, 3.63) is 58.1 Å². The van der Waals surface area contributed by atoms with Gasteiger partial charge in [0.1, 0.15) is 18.1 Å². The Labute approximate surface area is 126 Å². The van der Waals surface area contributed by atoms with Gasteiger partial charge < -0.3 is 9.47 Å². The Kier molecular flexibility index (Phi) is 4.79. The number of hydrogen-bond donors (Lipinski definition) is 0. The highest BCUT2D eigenvalue weighted by molar-refractivity contribution is 9.10. The van der Waals surface area contributed by atoms with E-state index in [1.54, 1.807) is 38.3 Å². The molecule has 0 amide bonds.